The zero-order chi connectivity index (χ0) is 15.1. The second-order valence-corrected chi connectivity index (χ2v) is 7.59. The molecule has 0 spiro atoms. The van der Waals surface area contributed by atoms with Gasteiger partial charge in [0.25, 0.3) is 5.91 Å². The Labute approximate surface area is 139 Å². The van der Waals surface area contributed by atoms with E-state index in [2.05, 4.69) is 31.2 Å². The summed E-state index contributed by atoms with van der Waals surface area (Å²) in [6, 6.07) is 9.54. The van der Waals surface area contributed by atoms with Gasteiger partial charge in [0.1, 0.15) is 5.69 Å². The quantitative estimate of drug-likeness (QED) is 0.730. The molecule has 0 radical (unpaired) electrons. The summed E-state index contributed by atoms with van der Waals surface area (Å²) in [7, 11) is 0. The van der Waals surface area contributed by atoms with Crippen molar-refractivity contribution in [3.8, 4) is 0 Å². The van der Waals surface area contributed by atoms with Crippen LogP contribution < -0.4 is 5.32 Å². The first-order valence-electron chi connectivity index (χ1n) is 7.03. The van der Waals surface area contributed by atoms with E-state index >= 15 is 0 Å². The van der Waals surface area contributed by atoms with Crippen LogP contribution in [0.3, 0.4) is 0 Å². The van der Waals surface area contributed by atoms with Crippen molar-refractivity contribution < 1.29 is 4.79 Å². The molecule has 0 aliphatic heterocycles. The summed E-state index contributed by atoms with van der Waals surface area (Å²) in [5.41, 5.74) is 2.17. The number of hydrogen-bond acceptors (Lipinski definition) is 4. The predicted molar refractivity (Wildman–Crippen MR) is 91.5 cm³/mol. The van der Waals surface area contributed by atoms with Crippen LogP contribution in [0.25, 0.3) is 10.9 Å². The van der Waals surface area contributed by atoms with E-state index in [1.165, 1.54) is 0 Å². The van der Waals surface area contributed by atoms with E-state index in [1.807, 2.05) is 30.3 Å². The van der Waals surface area contributed by atoms with Crippen molar-refractivity contribution in [3.63, 3.8) is 0 Å². The Morgan fingerprint density at radius 3 is 2.95 bits per heavy atom. The largest absolute Gasteiger partial charge is 0.320 e. The minimum Gasteiger partial charge on any atom is -0.320 e. The van der Waals surface area contributed by atoms with Gasteiger partial charge in [-0.15, -0.1) is 11.3 Å². The van der Waals surface area contributed by atoms with Crippen molar-refractivity contribution in [3.05, 3.63) is 51.0 Å². The highest BCUT2D eigenvalue weighted by atomic mass is 79.9. The number of nitrogens with one attached hydrogen (secondary N) is 1. The molecule has 1 aliphatic rings. The molecular formula is C16H12BrN3OS. The molecule has 6 heteroatoms. The molecule has 0 atom stereocenters. The van der Waals surface area contributed by atoms with Gasteiger partial charge in [-0.2, -0.15) is 0 Å². The second-order valence-electron chi connectivity index (χ2n) is 5.28. The summed E-state index contributed by atoms with van der Waals surface area (Å²) >= 11 is 4.95. The fraction of sp³-hybridized carbons (Fsp3) is 0.188. The number of hydrogen-bond donors (Lipinski definition) is 1. The Bertz CT molecular complexity index is 867. The number of benzene rings is 1. The second kappa shape index (κ2) is 5.44. The van der Waals surface area contributed by atoms with Gasteiger partial charge in [0, 0.05) is 16.5 Å². The Hall–Kier alpha value is -1.79. The molecule has 1 amide bonds. The molecule has 3 aromatic rings. The molecule has 4 rings (SSSR count). The maximum absolute atomic E-state index is 12.6. The third-order valence-corrected chi connectivity index (χ3v) is 5.35. The molecule has 1 aliphatic carbocycles. The number of pyridine rings is 1. The van der Waals surface area contributed by atoms with Gasteiger partial charge in [-0.1, -0.05) is 6.07 Å². The minimum absolute atomic E-state index is 0.153. The molecule has 0 bridgehead atoms. The average molecular weight is 374 g/mol. The van der Waals surface area contributed by atoms with Gasteiger partial charge in [-0.25, -0.2) is 4.98 Å². The van der Waals surface area contributed by atoms with Gasteiger partial charge < -0.3 is 5.32 Å². The standard InChI is InChI=1S/C16H12BrN3OS/c17-16-20-13(14(22-16)9-6-7-9)15(21)19-12-5-1-4-11-10(12)3-2-8-18-11/h1-5,8-9H,6-7H2,(H,19,21). The number of rotatable bonds is 3. The molecule has 1 aromatic carbocycles. The number of halogens is 1. The highest BCUT2D eigenvalue weighted by Crippen LogP contribution is 2.45. The van der Waals surface area contributed by atoms with Crippen molar-refractivity contribution >= 4 is 49.8 Å². The first-order chi connectivity index (χ1) is 10.7. The van der Waals surface area contributed by atoms with E-state index in [0.29, 0.717) is 11.6 Å². The number of thiazole rings is 1. The fourth-order valence-electron chi connectivity index (χ4n) is 2.48. The molecule has 0 unspecified atom stereocenters. The van der Waals surface area contributed by atoms with Crippen molar-refractivity contribution in [2.45, 2.75) is 18.8 Å². The average Bonchev–Trinajstić information content (AvgIpc) is 3.30. The number of carbonyl (C=O) groups is 1. The zero-order valence-corrected chi connectivity index (χ0v) is 13.9. The van der Waals surface area contributed by atoms with Gasteiger partial charge in [-0.3, -0.25) is 9.78 Å². The smallest absolute Gasteiger partial charge is 0.275 e. The lowest BCUT2D eigenvalue weighted by molar-refractivity contribution is 0.102. The Morgan fingerprint density at radius 1 is 1.27 bits per heavy atom. The number of anilines is 1. The molecular weight excluding hydrogens is 362 g/mol. The Morgan fingerprint density at radius 2 is 2.14 bits per heavy atom. The van der Waals surface area contributed by atoms with Gasteiger partial charge in [0.05, 0.1) is 11.2 Å². The van der Waals surface area contributed by atoms with E-state index in [9.17, 15) is 4.79 Å². The lowest BCUT2D eigenvalue weighted by Crippen LogP contribution is -2.14. The van der Waals surface area contributed by atoms with E-state index in [-0.39, 0.29) is 5.91 Å². The number of nitrogens with zero attached hydrogens (tertiary/aromatic N) is 2. The van der Waals surface area contributed by atoms with Gasteiger partial charge >= 0.3 is 0 Å². The number of aromatic nitrogens is 2. The van der Waals surface area contributed by atoms with Crippen molar-refractivity contribution in [2.75, 3.05) is 5.32 Å². The first-order valence-corrected chi connectivity index (χ1v) is 8.64. The monoisotopic (exact) mass is 373 g/mol. The third kappa shape index (κ3) is 2.53. The molecule has 2 heterocycles. The SMILES string of the molecule is O=C(Nc1cccc2ncccc12)c1nc(Br)sc1C1CC1. The van der Waals surface area contributed by atoms with Gasteiger partial charge in [-0.05, 0) is 59.0 Å². The van der Waals surface area contributed by atoms with Crippen LogP contribution in [0, 0.1) is 0 Å². The van der Waals surface area contributed by atoms with Crippen molar-refractivity contribution in [1.29, 1.82) is 0 Å². The topological polar surface area (TPSA) is 54.9 Å². The van der Waals surface area contributed by atoms with Crippen molar-refractivity contribution in [2.24, 2.45) is 0 Å². The third-order valence-electron chi connectivity index (χ3n) is 3.68. The van der Waals surface area contributed by atoms with E-state index in [1.54, 1.807) is 17.5 Å². The van der Waals surface area contributed by atoms with Crippen LogP contribution in [0.4, 0.5) is 5.69 Å². The molecule has 22 heavy (non-hydrogen) atoms. The van der Waals surface area contributed by atoms with Crippen LogP contribution in [-0.4, -0.2) is 15.9 Å². The molecule has 1 N–H and O–H groups in total. The lowest BCUT2D eigenvalue weighted by atomic mass is 10.1. The van der Waals surface area contributed by atoms with Crippen LogP contribution in [0.5, 0.6) is 0 Å². The van der Waals surface area contributed by atoms with Crippen LogP contribution in [-0.2, 0) is 0 Å². The summed E-state index contributed by atoms with van der Waals surface area (Å²) in [6.07, 6.45) is 4.04. The van der Waals surface area contributed by atoms with Crippen LogP contribution in [0.15, 0.2) is 40.4 Å². The highest BCUT2D eigenvalue weighted by molar-refractivity contribution is 9.11. The highest BCUT2D eigenvalue weighted by Gasteiger charge is 2.31. The van der Waals surface area contributed by atoms with Gasteiger partial charge in [0.2, 0.25) is 0 Å². The zero-order valence-electron chi connectivity index (χ0n) is 11.5. The normalized spacial score (nSPS) is 14.2. The predicted octanol–water partition coefficient (Wildman–Crippen LogP) is 4.58. The maximum atomic E-state index is 12.6. The van der Waals surface area contributed by atoms with Crippen LogP contribution in [0.1, 0.15) is 34.1 Å². The van der Waals surface area contributed by atoms with Crippen LogP contribution >= 0.6 is 27.3 Å². The minimum atomic E-state index is -0.153. The summed E-state index contributed by atoms with van der Waals surface area (Å²) in [6.45, 7) is 0. The molecule has 1 fully saturated rings. The summed E-state index contributed by atoms with van der Waals surface area (Å²) in [5, 5.41) is 3.91. The summed E-state index contributed by atoms with van der Waals surface area (Å²) in [5.74, 6) is 0.346. The van der Waals surface area contributed by atoms with Crippen molar-refractivity contribution in [1.82, 2.24) is 9.97 Å². The molecule has 1 saturated carbocycles. The fourth-order valence-corrected chi connectivity index (χ4v) is 4.14. The van der Waals surface area contributed by atoms with E-state index < -0.39 is 0 Å². The molecule has 0 saturated heterocycles. The van der Waals surface area contributed by atoms with Gasteiger partial charge in [0.15, 0.2) is 3.92 Å². The maximum Gasteiger partial charge on any atom is 0.275 e. The first kappa shape index (κ1) is 13.8. The van der Waals surface area contributed by atoms with E-state index in [0.717, 1.165) is 38.2 Å². The number of fused-ring (bicyclic) bond motifs is 1. The van der Waals surface area contributed by atoms with Crippen LogP contribution in [0.2, 0.25) is 0 Å². The molecule has 110 valence electrons. The Kier molecular flexibility index (Phi) is 3.43. The number of amides is 1. The molecule has 2 aromatic heterocycles. The summed E-state index contributed by atoms with van der Waals surface area (Å²) in [4.78, 5) is 22.4. The lowest BCUT2D eigenvalue weighted by Gasteiger charge is -2.08. The molecule has 4 nitrogen and oxygen atoms in total. The number of carbonyl (C=O) groups excluding carboxylic acids is 1. The summed E-state index contributed by atoms with van der Waals surface area (Å²) < 4.78 is 0.763. The Balaban J connectivity index is 1.69. The van der Waals surface area contributed by atoms with E-state index in [4.69, 9.17) is 0 Å².